The lowest BCUT2D eigenvalue weighted by Crippen LogP contribution is -2.26. The molecule has 0 aromatic heterocycles. The Labute approximate surface area is 114 Å². The molecule has 1 aliphatic rings. The highest BCUT2D eigenvalue weighted by Crippen LogP contribution is 2.21. The molecular formula is C13H13N3O4. The van der Waals surface area contributed by atoms with Crippen molar-refractivity contribution in [1.29, 1.82) is 0 Å². The number of methoxy groups -OCH3 is 1. The number of carbonyl (C=O) groups excluding carboxylic acids is 2. The van der Waals surface area contributed by atoms with Gasteiger partial charge in [0, 0.05) is 5.56 Å². The van der Waals surface area contributed by atoms with Gasteiger partial charge in [-0.3, -0.25) is 10.1 Å². The van der Waals surface area contributed by atoms with Crippen molar-refractivity contribution in [2.45, 2.75) is 6.04 Å². The first-order chi connectivity index (χ1) is 9.63. The fraction of sp³-hybridized carbons (Fsp3) is 0.154. The van der Waals surface area contributed by atoms with Gasteiger partial charge in [-0.15, -0.1) is 0 Å². The van der Waals surface area contributed by atoms with E-state index in [9.17, 15) is 9.59 Å². The Morgan fingerprint density at radius 2 is 2.20 bits per heavy atom. The maximum absolute atomic E-state index is 11.4. The molecule has 2 rings (SSSR count). The van der Waals surface area contributed by atoms with Gasteiger partial charge in [-0.05, 0) is 23.8 Å². The number of nitrogens with one attached hydrogen (secondary N) is 2. The Morgan fingerprint density at radius 1 is 1.40 bits per heavy atom. The van der Waals surface area contributed by atoms with Gasteiger partial charge >= 0.3 is 6.03 Å². The Hall–Kier alpha value is -2.83. The molecule has 0 spiro atoms. The van der Waals surface area contributed by atoms with Gasteiger partial charge in [0.1, 0.15) is 11.8 Å². The van der Waals surface area contributed by atoms with Crippen LogP contribution in [-0.4, -0.2) is 36.5 Å². The van der Waals surface area contributed by atoms with Crippen molar-refractivity contribution in [3.63, 3.8) is 0 Å². The number of carbonyl (C=O) groups is 2. The molecule has 1 atom stereocenters. The number of hydrogen-bond acceptors (Lipinski definition) is 5. The van der Waals surface area contributed by atoms with Crippen LogP contribution in [0.5, 0.6) is 5.75 Å². The van der Waals surface area contributed by atoms with Gasteiger partial charge in [0.25, 0.3) is 5.91 Å². The van der Waals surface area contributed by atoms with E-state index in [2.05, 4.69) is 15.8 Å². The number of imide groups is 1. The first-order valence-electron chi connectivity index (χ1n) is 5.79. The summed E-state index contributed by atoms with van der Waals surface area (Å²) < 4.78 is 5.20. The van der Waals surface area contributed by atoms with E-state index in [0.29, 0.717) is 16.9 Å². The van der Waals surface area contributed by atoms with E-state index < -0.39 is 18.0 Å². The van der Waals surface area contributed by atoms with Crippen molar-refractivity contribution in [2.75, 3.05) is 7.11 Å². The van der Waals surface area contributed by atoms with E-state index in [1.807, 2.05) is 0 Å². The molecule has 1 heterocycles. The highest BCUT2D eigenvalue weighted by Gasteiger charge is 2.26. The van der Waals surface area contributed by atoms with Crippen molar-refractivity contribution in [3.05, 3.63) is 35.4 Å². The SMILES string of the molecule is COc1ccc(/C=N/O)cc1/C=C/C1NC(=O)NC1=O. The van der Waals surface area contributed by atoms with E-state index in [4.69, 9.17) is 9.94 Å². The molecule has 0 radical (unpaired) electrons. The molecule has 1 aromatic carbocycles. The molecule has 7 heteroatoms. The summed E-state index contributed by atoms with van der Waals surface area (Å²) in [5.41, 5.74) is 1.37. The fourth-order valence-electron chi connectivity index (χ4n) is 1.80. The van der Waals surface area contributed by atoms with Crippen LogP contribution in [0, 0.1) is 0 Å². The van der Waals surface area contributed by atoms with Gasteiger partial charge < -0.3 is 15.3 Å². The second-order valence-corrected chi connectivity index (χ2v) is 4.05. The average Bonchev–Trinajstić information content (AvgIpc) is 2.75. The summed E-state index contributed by atoms with van der Waals surface area (Å²) in [5.74, 6) is 0.194. The molecule has 104 valence electrons. The Balaban J connectivity index is 2.25. The van der Waals surface area contributed by atoms with Crippen LogP contribution in [0.3, 0.4) is 0 Å². The van der Waals surface area contributed by atoms with Crippen molar-refractivity contribution < 1.29 is 19.5 Å². The third-order valence-corrected chi connectivity index (χ3v) is 2.73. The van der Waals surface area contributed by atoms with Crippen molar-refractivity contribution >= 4 is 24.2 Å². The number of rotatable bonds is 4. The maximum atomic E-state index is 11.4. The van der Waals surface area contributed by atoms with Gasteiger partial charge in [0.2, 0.25) is 0 Å². The molecule has 20 heavy (non-hydrogen) atoms. The average molecular weight is 275 g/mol. The highest BCUT2D eigenvalue weighted by atomic mass is 16.5. The number of hydrogen-bond donors (Lipinski definition) is 3. The summed E-state index contributed by atoms with van der Waals surface area (Å²) >= 11 is 0. The van der Waals surface area contributed by atoms with Crippen molar-refractivity contribution in [2.24, 2.45) is 5.16 Å². The van der Waals surface area contributed by atoms with Crippen molar-refractivity contribution in [1.82, 2.24) is 10.6 Å². The smallest absolute Gasteiger partial charge is 0.322 e. The molecule has 3 N–H and O–H groups in total. The predicted octanol–water partition coefficient (Wildman–Crippen LogP) is 0.725. The highest BCUT2D eigenvalue weighted by molar-refractivity contribution is 6.05. The molecule has 3 amide bonds. The van der Waals surface area contributed by atoms with Gasteiger partial charge in [0.05, 0.1) is 13.3 Å². The van der Waals surface area contributed by atoms with Crippen molar-refractivity contribution in [3.8, 4) is 5.75 Å². The van der Waals surface area contributed by atoms with Crippen LogP contribution < -0.4 is 15.4 Å². The zero-order chi connectivity index (χ0) is 14.5. The summed E-state index contributed by atoms with van der Waals surface area (Å²) in [7, 11) is 1.52. The van der Waals surface area contributed by atoms with Gasteiger partial charge in [-0.1, -0.05) is 17.3 Å². The number of ether oxygens (including phenoxy) is 1. The maximum Gasteiger partial charge on any atom is 0.322 e. The molecule has 1 saturated heterocycles. The fourth-order valence-corrected chi connectivity index (χ4v) is 1.80. The first-order valence-corrected chi connectivity index (χ1v) is 5.79. The lowest BCUT2D eigenvalue weighted by atomic mass is 10.1. The van der Waals surface area contributed by atoms with Crippen LogP contribution in [0.25, 0.3) is 6.08 Å². The summed E-state index contributed by atoms with van der Waals surface area (Å²) in [6, 6.07) is 3.94. The predicted molar refractivity (Wildman–Crippen MR) is 71.9 cm³/mol. The lowest BCUT2D eigenvalue weighted by Gasteiger charge is -2.06. The summed E-state index contributed by atoms with van der Waals surface area (Å²) in [6.45, 7) is 0. The van der Waals surface area contributed by atoms with Crippen LogP contribution in [-0.2, 0) is 4.79 Å². The third kappa shape index (κ3) is 2.94. The third-order valence-electron chi connectivity index (χ3n) is 2.73. The van der Waals surface area contributed by atoms with E-state index in [1.54, 1.807) is 30.4 Å². The van der Waals surface area contributed by atoms with Crippen LogP contribution >= 0.6 is 0 Å². The second-order valence-electron chi connectivity index (χ2n) is 4.05. The molecule has 7 nitrogen and oxygen atoms in total. The largest absolute Gasteiger partial charge is 0.496 e. The lowest BCUT2D eigenvalue weighted by molar-refractivity contribution is -0.119. The molecule has 1 unspecified atom stereocenters. The van der Waals surface area contributed by atoms with E-state index >= 15 is 0 Å². The summed E-state index contributed by atoms with van der Waals surface area (Å²) in [5, 5.41) is 16.1. The quantitative estimate of drug-likeness (QED) is 0.326. The number of urea groups is 1. The Bertz CT molecular complexity index is 595. The molecular weight excluding hydrogens is 262 g/mol. The normalized spacial score (nSPS) is 18.6. The minimum atomic E-state index is -0.706. The second kappa shape index (κ2) is 5.87. The summed E-state index contributed by atoms with van der Waals surface area (Å²) in [6.07, 6.45) is 4.49. The van der Waals surface area contributed by atoms with Gasteiger partial charge in [0.15, 0.2) is 0 Å². The van der Waals surface area contributed by atoms with Gasteiger partial charge in [-0.2, -0.15) is 0 Å². The zero-order valence-electron chi connectivity index (χ0n) is 10.7. The first kappa shape index (κ1) is 13.6. The minimum absolute atomic E-state index is 0.404. The van der Waals surface area contributed by atoms with E-state index in [1.165, 1.54) is 13.3 Å². The molecule has 1 aromatic rings. The number of oxime groups is 1. The monoisotopic (exact) mass is 275 g/mol. The van der Waals surface area contributed by atoms with Crippen LogP contribution in [0.1, 0.15) is 11.1 Å². The Morgan fingerprint density at radius 3 is 2.80 bits per heavy atom. The number of benzene rings is 1. The molecule has 1 aliphatic heterocycles. The standard InChI is InChI=1S/C13H13N3O4/c1-20-11-5-2-8(7-14-19)6-9(11)3-4-10-12(17)16-13(18)15-10/h2-7,10,19H,1H3,(H2,15,16,17,18)/b4-3+,14-7+. The molecule has 0 aliphatic carbocycles. The summed E-state index contributed by atoms with van der Waals surface area (Å²) in [4.78, 5) is 22.4. The van der Waals surface area contributed by atoms with Crippen LogP contribution in [0.4, 0.5) is 4.79 Å². The van der Waals surface area contributed by atoms with Crippen LogP contribution in [0.2, 0.25) is 0 Å². The topological polar surface area (TPSA) is 100 Å². The molecule has 1 fully saturated rings. The van der Waals surface area contributed by atoms with Crippen LogP contribution in [0.15, 0.2) is 29.4 Å². The number of nitrogens with zero attached hydrogens (tertiary/aromatic N) is 1. The van der Waals surface area contributed by atoms with E-state index in [0.717, 1.165) is 0 Å². The molecule has 0 saturated carbocycles. The van der Waals surface area contributed by atoms with Gasteiger partial charge in [-0.25, -0.2) is 4.79 Å². The number of amides is 3. The Kier molecular flexibility index (Phi) is 3.99. The zero-order valence-corrected chi connectivity index (χ0v) is 10.7. The minimum Gasteiger partial charge on any atom is -0.496 e. The van der Waals surface area contributed by atoms with E-state index in [-0.39, 0.29) is 0 Å². The molecule has 0 bridgehead atoms.